The molecule has 1 aromatic carbocycles. The number of aromatic hydroxyl groups is 1. The van der Waals surface area contributed by atoms with E-state index in [0.29, 0.717) is 18.7 Å². The first-order valence-electron chi connectivity index (χ1n) is 5.89. The third kappa shape index (κ3) is 2.71. The number of likely N-dealkylation sites (tertiary alicyclic amines) is 1. The summed E-state index contributed by atoms with van der Waals surface area (Å²) >= 11 is 0. The average Bonchev–Trinajstić information content (AvgIpc) is 2.34. The molecule has 0 aliphatic carbocycles. The van der Waals surface area contributed by atoms with Crippen LogP contribution in [-0.2, 0) is 4.79 Å². The van der Waals surface area contributed by atoms with Crippen LogP contribution in [-0.4, -0.2) is 43.0 Å². The second-order valence-corrected chi connectivity index (χ2v) is 4.51. The molecule has 1 aliphatic rings. The lowest BCUT2D eigenvalue weighted by atomic mass is 10.0. The summed E-state index contributed by atoms with van der Waals surface area (Å²) in [6.07, 6.45) is 2.39. The molecule has 0 atom stereocenters. The van der Waals surface area contributed by atoms with Crippen LogP contribution in [0.15, 0.2) is 23.8 Å². The number of Topliss-reactive ketones (excluding diaryl/α,β-unsaturated/α-hetero) is 1. The molecule has 0 unspecified atom stereocenters. The number of carbonyl (C=O) groups excluding carboxylic acids is 1. The standard InChI is InChI=1S/C14H17NO3/c1-15-6-5-12(16)11(9-15)7-10-3-4-14(18-2)13(17)8-10/h3-4,7-8,17H,5-6,9H2,1-2H3/b11-7+. The van der Waals surface area contributed by atoms with Crippen LogP contribution < -0.4 is 4.74 Å². The Hall–Kier alpha value is -1.81. The third-order valence-electron chi connectivity index (χ3n) is 3.06. The van der Waals surface area contributed by atoms with E-state index in [-0.39, 0.29) is 11.5 Å². The average molecular weight is 247 g/mol. The van der Waals surface area contributed by atoms with E-state index in [1.807, 2.05) is 19.2 Å². The summed E-state index contributed by atoms with van der Waals surface area (Å²) in [7, 11) is 3.50. The molecule has 0 aromatic heterocycles. The van der Waals surface area contributed by atoms with E-state index < -0.39 is 0 Å². The molecule has 1 heterocycles. The van der Waals surface area contributed by atoms with Gasteiger partial charge < -0.3 is 14.7 Å². The summed E-state index contributed by atoms with van der Waals surface area (Å²) < 4.78 is 4.98. The molecule has 4 nitrogen and oxygen atoms in total. The van der Waals surface area contributed by atoms with Gasteiger partial charge in [0.2, 0.25) is 0 Å². The minimum absolute atomic E-state index is 0.0865. The second-order valence-electron chi connectivity index (χ2n) is 4.51. The van der Waals surface area contributed by atoms with Crippen LogP contribution in [0.1, 0.15) is 12.0 Å². The fourth-order valence-electron chi connectivity index (χ4n) is 2.04. The first-order chi connectivity index (χ1) is 8.60. The predicted octanol–water partition coefficient (Wildman–Crippen LogP) is 1.69. The molecule has 0 bridgehead atoms. The van der Waals surface area contributed by atoms with Crippen molar-refractivity contribution in [1.29, 1.82) is 0 Å². The number of ketones is 1. The fraction of sp³-hybridized carbons (Fsp3) is 0.357. The Bertz CT molecular complexity index is 494. The highest BCUT2D eigenvalue weighted by molar-refractivity contribution is 6.00. The molecular weight excluding hydrogens is 230 g/mol. The Balaban J connectivity index is 2.26. The molecule has 1 N–H and O–H groups in total. The molecule has 96 valence electrons. The maximum absolute atomic E-state index is 11.8. The minimum Gasteiger partial charge on any atom is -0.504 e. The first kappa shape index (κ1) is 12.6. The molecule has 0 saturated carbocycles. The van der Waals surface area contributed by atoms with Crippen LogP contribution >= 0.6 is 0 Å². The van der Waals surface area contributed by atoms with Gasteiger partial charge in [0.05, 0.1) is 7.11 Å². The zero-order chi connectivity index (χ0) is 13.1. The molecule has 0 radical (unpaired) electrons. The van der Waals surface area contributed by atoms with Gasteiger partial charge in [0.15, 0.2) is 17.3 Å². The van der Waals surface area contributed by atoms with Crippen LogP contribution in [0.2, 0.25) is 0 Å². The van der Waals surface area contributed by atoms with Crippen molar-refractivity contribution in [3.8, 4) is 11.5 Å². The zero-order valence-corrected chi connectivity index (χ0v) is 10.6. The van der Waals surface area contributed by atoms with Crippen LogP contribution in [0.3, 0.4) is 0 Å². The Kier molecular flexibility index (Phi) is 3.67. The normalized spacial score (nSPS) is 19.2. The molecule has 18 heavy (non-hydrogen) atoms. The fourth-order valence-corrected chi connectivity index (χ4v) is 2.04. The van der Waals surface area contributed by atoms with Crippen molar-refractivity contribution in [1.82, 2.24) is 4.90 Å². The van der Waals surface area contributed by atoms with Gasteiger partial charge in [-0.25, -0.2) is 0 Å². The summed E-state index contributed by atoms with van der Waals surface area (Å²) in [4.78, 5) is 13.9. The van der Waals surface area contributed by atoms with E-state index in [1.54, 1.807) is 12.1 Å². The number of methoxy groups -OCH3 is 1. The van der Waals surface area contributed by atoms with Gasteiger partial charge >= 0.3 is 0 Å². The van der Waals surface area contributed by atoms with Gasteiger partial charge in [-0.05, 0) is 30.8 Å². The number of phenols is 1. The van der Waals surface area contributed by atoms with E-state index in [4.69, 9.17) is 4.74 Å². The molecule has 1 fully saturated rings. The van der Waals surface area contributed by atoms with Gasteiger partial charge in [-0.15, -0.1) is 0 Å². The highest BCUT2D eigenvalue weighted by Gasteiger charge is 2.18. The Morgan fingerprint density at radius 1 is 1.44 bits per heavy atom. The first-order valence-corrected chi connectivity index (χ1v) is 5.89. The molecule has 0 amide bonds. The number of benzene rings is 1. The van der Waals surface area contributed by atoms with E-state index in [0.717, 1.165) is 17.7 Å². The smallest absolute Gasteiger partial charge is 0.161 e. The third-order valence-corrected chi connectivity index (χ3v) is 3.06. The SMILES string of the molecule is COc1ccc(/C=C2\CN(C)CCC2=O)cc1O. The molecule has 4 heteroatoms. The minimum atomic E-state index is 0.0865. The van der Waals surface area contributed by atoms with Gasteiger partial charge in [0.1, 0.15) is 0 Å². The number of nitrogens with zero attached hydrogens (tertiary/aromatic N) is 1. The summed E-state index contributed by atoms with van der Waals surface area (Å²) in [5.74, 6) is 0.705. The number of ether oxygens (including phenoxy) is 1. The lowest BCUT2D eigenvalue weighted by Gasteiger charge is -2.23. The molecule has 1 aromatic rings. The van der Waals surface area contributed by atoms with Crippen LogP contribution in [0.25, 0.3) is 6.08 Å². The summed E-state index contributed by atoms with van der Waals surface area (Å²) in [6, 6.07) is 5.12. The molecule has 1 saturated heterocycles. The summed E-state index contributed by atoms with van der Waals surface area (Å²) in [5.41, 5.74) is 1.60. The van der Waals surface area contributed by atoms with E-state index >= 15 is 0 Å². The van der Waals surface area contributed by atoms with Crippen LogP contribution in [0.4, 0.5) is 0 Å². The number of carbonyl (C=O) groups is 1. The van der Waals surface area contributed by atoms with Crippen molar-refractivity contribution in [3.63, 3.8) is 0 Å². The number of rotatable bonds is 2. The number of likely N-dealkylation sites (N-methyl/N-ethyl adjacent to an activating group) is 1. The Labute approximate surface area is 106 Å². The lowest BCUT2D eigenvalue weighted by molar-refractivity contribution is -0.117. The lowest BCUT2D eigenvalue weighted by Crippen LogP contribution is -2.32. The van der Waals surface area contributed by atoms with Gasteiger partial charge in [-0.3, -0.25) is 4.79 Å². The monoisotopic (exact) mass is 247 g/mol. The second kappa shape index (κ2) is 5.23. The summed E-state index contributed by atoms with van der Waals surface area (Å²) in [5, 5.41) is 9.69. The zero-order valence-electron chi connectivity index (χ0n) is 10.6. The quantitative estimate of drug-likeness (QED) is 0.808. The van der Waals surface area contributed by atoms with Gasteiger partial charge in [-0.1, -0.05) is 6.07 Å². The van der Waals surface area contributed by atoms with Gasteiger partial charge in [-0.2, -0.15) is 0 Å². The number of hydrogen-bond donors (Lipinski definition) is 1. The topological polar surface area (TPSA) is 49.8 Å². The van der Waals surface area contributed by atoms with E-state index in [9.17, 15) is 9.90 Å². The van der Waals surface area contributed by atoms with Crippen LogP contribution in [0, 0.1) is 0 Å². The molecule has 1 aliphatic heterocycles. The van der Waals surface area contributed by atoms with Crippen molar-refractivity contribution in [2.75, 3.05) is 27.2 Å². The van der Waals surface area contributed by atoms with Crippen molar-refractivity contribution in [2.24, 2.45) is 0 Å². The molecule has 0 spiro atoms. The van der Waals surface area contributed by atoms with Crippen molar-refractivity contribution in [3.05, 3.63) is 29.3 Å². The van der Waals surface area contributed by atoms with E-state index in [1.165, 1.54) is 7.11 Å². The number of piperidine rings is 1. The Morgan fingerprint density at radius 3 is 2.89 bits per heavy atom. The Morgan fingerprint density at radius 2 is 2.22 bits per heavy atom. The highest BCUT2D eigenvalue weighted by Crippen LogP contribution is 2.27. The molecule has 2 rings (SSSR count). The largest absolute Gasteiger partial charge is 0.504 e. The number of phenolic OH excluding ortho intramolecular Hbond substituents is 1. The summed E-state index contributed by atoms with van der Waals surface area (Å²) in [6.45, 7) is 1.47. The highest BCUT2D eigenvalue weighted by atomic mass is 16.5. The van der Waals surface area contributed by atoms with Crippen LogP contribution in [0.5, 0.6) is 11.5 Å². The van der Waals surface area contributed by atoms with E-state index in [2.05, 4.69) is 4.90 Å². The van der Waals surface area contributed by atoms with Gasteiger partial charge in [0.25, 0.3) is 0 Å². The van der Waals surface area contributed by atoms with Gasteiger partial charge in [0, 0.05) is 25.1 Å². The maximum atomic E-state index is 11.8. The van der Waals surface area contributed by atoms with Crippen molar-refractivity contribution >= 4 is 11.9 Å². The maximum Gasteiger partial charge on any atom is 0.161 e. The van der Waals surface area contributed by atoms with Crippen molar-refractivity contribution in [2.45, 2.75) is 6.42 Å². The molecular formula is C14H17NO3. The van der Waals surface area contributed by atoms with Crippen molar-refractivity contribution < 1.29 is 14.6 Å². The predicted molar refractivity (Wildman–Crippen MR) is 69.8 cm³/mol. The number of hydrogen-bond acceptors (Lipinski definition) is 4.